The summed E-state index contributed by atoms with van der Waals surface area (Å²) in [5.74, 6) is 4.32. The van der Waals surface area contributed by atoms with Crippen LogP contribution in [0.1, 0.15) is 17.3 Å². The second-order valence-electron chi connectivity index (χ2n) is 2.51. The topological polar surface area (TPSA) is 26.3 Å². The molecule has 0 aliphatic carbocycles. The van der Waals surface area contributed by atoms with Crippen molar-refractivity contribution in [1.82, 2.24) is 0 Å². The lowest BCUT2D eigenvalue weighted by Crippen LogP contribution is -2.05. The fraction of sp³-hybridized carbons (Fsp3) is 0.182. The Balaban J connectivity index is 2.59. The minimum absolute atomic E-state index is 0.0622. The summed E-state index contributed by atoms with van der Waals surface area (Å²) in [5.41, 5.74) is 0.323. The summed E-state index contributed by atoms with van der Waals surface area (Å²) in [6.07, 6.45) is 0. The average molecular weight is 192 g/mol. The third-order valence-electron chi connectivity index (χ3n) is 1.53. The van der Waals surface area contributed by atoms with Crippen LogP contribution in [-0.4, -0.2) is 12.6 Å². The molecule has 0 saturated heterocycles. The Morgan fingerprint density at radius 3 is 2.64 bits per heavy atom. The van der Waals surface area contributed by atoms with Crippen LogP contribution in [0.5, 0.6) is 0 Å². The molecular weight excluding hydrogens is 183 g/mol. The van der Waals surface area contributed by atoms with Gasteiger partial charge in [-0.15, -0.1) is 5.92 Å². The van der Waals surface area contributed by atoms with Crippen LogP contribution in [0.2, 0.25) is 0 Å². The Labute approximate surface area is 81.7 Å². The maximum absolute atomic E-state index is 12.5. The number of ether oxygens (including phenoxy) is 1. The van der Waals surface area contributed by atoms with E-state index in [1.807, 2.05) is 0 Å². The van der Waals surface area contributed by atoms with Crippen LogP contribution in [0.25, 0.3) is 0 Å². The van der Waals surface area contributed by atoms with Gasteiger partial charge in [-0.05, 0) is 31.2 Å². The molecule has 0 N–H and O–H groups in total. The summed E-state index contributed by atoms with van der Waals surface area (Å²) < 4.78 is 17.3. The molecule has 0 aliphatic rings. The van der Waals surface area contributed by atoms with E-state index in [1.54, 1.807) is 6.92 Å². The van der Waals surface area contributed by atoms with Gasteiger partial charge in [0.1, 0.15) is 5.82 Å². The standard InChI is InChI=1S/C11H9FO2/c1-2-3-8-14-11(13)9-4-6-10(12)7-5-9/h4-7H,8H2,1H3. The fourth-order valence-electron chi connectivity index (χ4n) is 0.843. The van der Waals surface area contributed by atoms with E-state index in [4.69, 9.17) is 4.74 Å². The minimum atomic E-state index is -0.493. The van der Waals surface area contributed by atoms with Crippen LogP contribution in [0.15, 0.2) is 24.3 Å². The van der Waals surface area contributed by atoms with Crippen LogP contribution in [0.3, 0.4) is 0 Å². The number of rotatable bonds is 2. The van der Waals surface area contributed by atoms with Gasteiger partial charge in [-0.2, -0.15) is 0 Å². The fourth-order valence-corrected chi connectivity index (χ4v) is 0.843. The lowest BCUT2D eigenvalue weighted by molar-refractivity contribution is 0.0556. The Hall–Kier alpha value is -1.82. The molecule has 1 rings (SSSR count). The number of carbonyl (C=O) groups excluding carboxylic acids is 1. The van der Waals surface area contributed by atoms with E-state index in [-0.39, 0.29) is 12.4 Å². The molecule has 0 fully saturated rings. The van der Waals surface area contributed by atoms with E-state index in [1.165, 1.54) is 24.3 Å². The molecule has 3 heteroatoms. The molecule has 14 heavy (non-hydrogen) atoms. The predicted molar refractivity (Wildman–Crippen MR) is 50.1 cm³/mol. The number of carbonyl (C=O) groups is 1. The van der Waals surface area contributed by atoms with Crippen molar-refractivity contribution >= 4 is 5.97 Å². The molecule has 72 valence electrons. The highest BCUT2D eigenvalue weighted by atomic mass is 19.1. The van der Waals surface area contributed by atoms with Crippen molar-refractivity contribution in [3.05, 3.63) is 35.6 Å². The third kappa shape index (κ3) is 2.91. The van der Waals surface area contributed by atoms with Crippen molar-refractivity contribution in [2.24, 2.45) is 0 Å². The van der Waals surface area contributed by atoms with Crippen molar-refractivity contribution in [2.75, 3.05) is 6.61 Å². The third-order valence-corrected chi connectivity index (χ3v) is 1.53. The van der Waals surface area contributed by atoms with Crippen molar-refractivity contribution in [3.63, 3.8) is 0 Å². The normalized spacial score (nSPS) is 8.71. The van der Waals surface area contributed by atoms with Crippen LogP contribution in [-0.2, 0) is 4.74 Å². The first-order valence-corrected chi connectivity index (χ1v) is 4.06. The predicted octanol–water partition coefficient (Wildman–Crippen LogP) is 2.01. The van der Waals surface area contributed by atoms with Gasteiger partial charge in [-0.3, -0.25) is 0 Å². The van der Waals surface area contributed by atoms with E-state index < -0.39 is 5.97 Å². The van der Waals surface area contributed by atoms with E-state index >= 15 is 0 Å². The van der Waals surface area contributed by atoms with Crippen LogP contribution in [0, 0.1) is 17.7 Å². The zero-order valence-electron chi connectivity index (χ0n) is 7.71. The zero-order valence-corrected chi connectivity index (χ0v) is 7.71. The van der Waals surface area contributed by atoms with Gasteiger partial charge < -0.3 is 4.74 Å². The van der Waals surface area contributed by atoms with Crippen LogP contribution >= 0.6 is 0 Å². The van der Waals surface area contributed by atoms with Gasteiger partial charge in [0.15, 0.2) is 6.61 Å². The number of hydrogen-bond acceptors (Lipinski definition) is 2. The summed E-state index contributed by atoms with van der Waals surface area (Å²) in [7, 11) is 0. The highest BCUT2D eigenvalue weighted by molar-refractivity contribution is 5.89. The number of esters is 1. The van der Waals surface area contributed by atoms with Gasteiger partial charge in [0, 0.05) is 0 Å². The van der Waals surface area contributed by atoms with Gasteiger partial charge in [0.05, 0.1) is 5.56 Å². The number of benzene rings is 1. The van der Waals surface area contributed by atoms with E-state index in [9.17, 15) is 9.18 Å². The molecule has 0 spiro atoms. The molecule has 0 atom stereocenters. The van der Waals surface area contributed by atoms with Crippen LogP contribution in [0.4, 0.5) is 4.39 Å². The molecule has 0 radical (unpaired) electrons. The zero-order chi connectivity index (χ0) is 10.4. The Morgan fingerprint density at radius 2 is 2.07 bits per heavy atom. The Kier molecular flexibility index (Phi) is 3.69. The number of hydrogen-bond donors (Lipinski definition) is 0. The molecule has 0 saturated carbocycles. The first-order chi connectivity index (χ1) is 6.74. The summed E-state index contributed by atoms with van der Waals surface area (Å²) in [5, 5.41) is 0. The van der Waals surface area contributed by atoms with Gasteiger partial charge in [0.2, 0.25) is 0 Å². The highest BCUT2D eigenvalue weighted by Crippen LogP contribution is 2.03. The van der Waals surface area contributed by atoms with Crippen molar-refractivity contribution < 1.29 is 13.9 Å². The molecule has 0 amide bonds. The molecule has 0 aliphatic heterocycles. The van der Waals surface area contributed by atoms with Gasteiger partial charge in [0.25, 0.3) is 0 Å². The molecular formula is C11H9FO2. The van der Waals surface area contributed by atoms with Crippen molar-refractivity contribution in [3.8, 4) is 11.8 Å². The second-order valence-corrected chi connectivity index (χ2v) is 2.51. The van der Waals surface area contributed by atoms with Gasteiger partial charge in [-0.25, -0.2) is 9.18 Å². The molecule has 1 aromatic carbocycles. The molecule has 2 nitrogen and oxygen atoms in total. The summed E-state index contributed by atoms with van der Waals surface area (Å²) >= 11 is 0. The summed E-state index contributed by atoms with van der Waals surface area (Å²) in [6, 6.07) is 5.16. The van der Waals surface area contributed by atoms with Crippen molar-refractivity contribution in [2.45, 2.75) is 6.92 Å². The maximum Gasteiger partial charge on any atom is 0.339 e. The lowest BCUT2D eigenvalue weighted by Gasteiger charge is -1.99. The van der Waals surface area contributed by atoms with E-state index in [0.717, 1.165) is 0 Å². The maximum atomic E-state index is 12.5. The highest BCUT2D eigenvalue weighted by Gasteiger charge is 2.05. The Morgan fingerprint density at radius 1 is 1.43 bits per heavy atom. The monoisotopic (exact) mass is 192 g/mol. The SMILES string of the molecule is CC#CCOC(=O)c1ccc(F)cc1. The molecule has 0 heterocycles. The quantitative estimate of drug-likeness (QED) is 0.529. The first kappa shape index (κ1) is 10.3. The summed E-state index contributed by atoms with van der Waals surface area (Å²) in [6.45, 7) is 1.72. The smallest absolute Gasteiger partial charge is 0.339 e. The molecule has 1 aromatic rings. The Bertz CT molecular complexity index is 371. The first-order valence-electron chi connectivity index (χ1n) is 4.06. The van der Waals surface area contributed by atoms with Gasteiger partial charge in [-0.1, -0.05) is 5.92 Å². The minimum Gasteiger partial charge on any atom is -0.449 e. The van der Waals surface area contributed by atoms with Crippen LogP contribution < -0.4 is 0 Å². The second kappa shape index (κ2) is 5.03. The largest absolute Gasteiger partial charge is 0.449 e. The van der Waals surface area contributed by atoms with E-state index in [0.29, 0.717) is 5.56 Å². The van der Waals surface area contributed by atoms with Gasteiger partial charge >= 0.3 is 5.97 Å². The average Bonchev–Trinajstić information content (AvgIpc) is 2.19. The lowest BCUT2D eigenvalue weighted by atomic mass is 10.2. The molecule has 0 unspecified atom stereocenters. The molecule has 0 aromatic heterocycles. The number of halogens is 1. The summed E-state index contributed by atoms with van der Waals surface area (Å²) in [4.78, 5) is 11.2. The molecule has 0 bridgehead atoms. The van der Waals surface area contributed by atoms with Crippen molar-refractivity contribution in [1.29, 1.82) is 0 Å². The van der Waals surface area contributed by atoms with E-state index in [2.05, 4.69) is 11.8 Å².